The maximum atomic E-state index is 15.0. The molecule has 2 aromatic carbocycles. The summed E-state index contributed by atoms with van der Waals surface area (Å²) in [6, 6.07) is 6.85. The molecule has 8 nitrogen and oxygen atoms in total. The number of alkyl halides is 5. The number of halogens is 5. The number of nitrogens with one attached hydrogen (secondary N) is 1. The molecule has 1 amide bonds. The highest BCUT2D eigenvalue weighted by Crippen LogP contribution is 2.42. The number of likely N-dealkylation sites (tertiary alicyclic amines) is 1. The lowest BCUT2D eigenvalue weighted by Crippen LogP contribution is -2.40. The molecule has 1 saturated heterocycles. The van der Waals surface area contributed by atoms with E-state index in [4.69, 9.17) is 0 Å². The molecule has 0 spiro atoms. The van der Waals surface area contributed by atoms with Gasteiger partial charge in [-0.2, -0.15) is 18.3 Å². The number of thiazole rings is 1. The Balaban J connectivity index is 1.31. The maximum Gasteiger partial charge on any atom is 0.417 e. The van der Waals surface area contributed by atoms with E-state index in [9.17, 15) is 22.4 Å². The Morgan fingerprint density at radius 1 is 1.15 bits per heavy atom. The SMILES string of the molecule is CCN1CC[C@@H](c2ccc(-c3cc(C(F)(F)F)c4cn(C(C(=O)Nc5nccs5)c5ncn6c5C[C@@H](F)C6)nc4c3C)cc2)[C@H](F)C1. The van der Waals surface area contributed by atoms with Gasteiger partial charge in [0.1, 0.15) is 12.3 Å². The van der Waals surface area contributed by atoms with Crippen molar-refractivity contribution in [3.8, 4) is 11.1 Å². The quantitative estimate of drug-likeness (QED) is 0.190. The number of piperidine rings is 1. The van der Waals surface area contributed by atoms with Gasteiger partial charge in [0.2, 0.25) is 0 Å². The molecule has 0 saturated carbocycles. The highest BCUT2D eigenvalue weighted by molar-refractivity contribution is 7.13. The van der Waals surface area contributed by atoms with Gasteiger partial charge < -0.3 is 9.47 Å². The van der Waals surface area contributed by atoms with Gasteiger partial charge in [-0.3, -0.25) is 14.8 Å². The van der Waals surface area contributed by atoms with Crippen LogP contribution in [0.1, 0.15) is 53.4 Å². The van der Waals surface area contributed by atoms with Crippen molar-refractivity contribution in [1.29, 1.82) is 0 Å². The monoisotopic (exact) mass is 669 g/mol. The summed E-state index contributed by atoms with van der Waals surface area (Å²) in [6.07, 6.45) is -2.09. The minimum atomic E-state index is -4.74. The Morgan fingerprint density at radius 2 is 1.94 bits per heavy atom. The highest BCUT2D eigenvalue weighted by atomic mass is 32.1. The predicted octanol–water partition coefficient (Wildman–Crippen LogP) is 6.95. The number of rotatable bonds is 7. The molecule has 5 aromatic rings. The molecule has 2 aliphatic heterocycles. The molecule has 1 N–H and O–H groups in total. The lowest BCUT2D eigenvalue weighted by Gasteiger charge is -2.34. The van der Waals surface area contributed by atoms with Gasteiger partial charge in [-0.15, -0.1) is 11.3 Å². The first kappa shape index (κ1) is 31.4. The summed E-state index contributed by atoms with van der Waals surface area (Å²) in [5.41, 5.74) is 2.02. The Labute approximate surface area is 271 Å². The number of aromatic nitrogens is 5. The van der Waals surface area contributed by atoms with Crippen molar-refractivity contribution in [3.05, 3.63) is 82.5 Å². The van der Waals surface area contributed by atoms with Crippen LogP contribution in [0.5, 0.6) is 0 Å². The molecule has 246 valence electrons. The second-order valence-electron chi connectivity index (χ2n) is 12.2. The summed E-state index contributed by atoms with van der Waals surface area (Å²) < 4.78 is 76.1. The van der Waals surface area contributed by atoms with Crippen LogP contribution in [0.4, 0.5) is 27.1 Å². The third-order valence-electron chi connectivity index (χ3n) is 9.32. The number of hydrogen-bond donors (Lipinski definition) is 1. The largest absolute Gasteiger partial charge is 0.417 e. The molecule has 2 aliphatic rings. The number of aryl methyl sites for hydroxylation is 1. The van der Waals surface area contributed by atoms with Crippen LogP contribution in [-0.2, 0) is 23.9 Å². The summed E-state index contributed by atoms with van der Waals surface area (Å²) in [4.78, 5) is 24.3. The average molecular weight is 670 g/mol. The molecule has 5 heterocycles. The van der Waals surface area contributed by atoms with Gasteiger partial charge >= 0.3 is 6.18 Å². The zero-order valence-electron chi connectivity index (χ0n) is 25.6. The Hall–Kier alpha value is -4.17. The fourth-order valence-corrected chi connectivity index (χ4v) is 7.41. The molecule has 0 aliphatic carbocycles. The lowest BCUT2D eigenvalue weighted by molar-refractivity contribution is -0.136. The molecule has 1 unspecified atom stereocenters. The van der Waals surface area contributed by atoms with E-state index in [1.54, 1.807) is 41.1 Å². The summed E-state index contributed by atoms with van der Waals surface area (Å²) in [6.45, 7) is 5.69. The number of imidazole rings is 1. The van der Waals surface area contributed by atoms with Crippen LogP contribution in [0.25, 0.3) is 22.0 Å². The van der Waals surface area contributed by atoms with Crippen LogP contribution in [-0.4, -0.2) is 67.1 Å². The molecule has 4 atom stereocenters. The van der Waals surface area contributed by atoms with E-state index in [0.29, 0.717) is 40.5 Å². The zero-order valence-corrected chi connectivity index (χ0v) is 26.5. The van der Waals surface area contributed by atoms with Crippen molar-refractivity contribution in [2.45, 2.75) is 63.7 Å². The molecule has 0 bridgehead atoms. The van der Waals surface area contributed by atoms with Gasteiger partial charge in [0.25, 0.3) is 5.91 Å². The lowest BCUT2D eigenvalue weighted by atomic mass is 9.86. The molecular formula is C33H32F5N7OS. The van der Waals surface area contributed by atoms with Crippen molar-refractivity contribution >= 4 is 33.3 Å². The first-order chi connectivity index (χ1) is 22.5. The number of carbonyl (C=O) groups is 1. The van der Waals surface area contributed by atoms with E-state index >= 15 is 4.39 Å². The van der Waals surface area contributed by atoms with Gasteiger partial charge in [-0.25, -0.2) is 18.7 Å². The van der Waals surface area contributed by atoms with Crippen molar-refractivity contribution in [3.63, 3.8) is 0 Å². The summed E-state index contributed by atoms with van der Waals surface area (Å²) >= 11 is 1.18. The van der Waals surface area contributed by atoms with Crippen LogP contribution >= 0.6 is 11.3 Å². The van der Waals surface area contributed by atoms with E-state index in [2.05, 4.69) is 25.3 Å². The molecule has 7 rings (SSSR count). The maximum absolute atomic E-state index is 15.0. The van der Waals surface area contributed by atoms with Crippen molar-refractivity contribution in [1.82, 2.24) is 29.2 Å². The van der Waals surface area contributed by atoms with Gasteiger partial charge in [0.15, 0.2) is 11.2 Å². The normalized spacial score (nSPS) is 20.9. The second kappa shape index (κ2) is 12.1. The number of benzene rings is 2. The minimum absolute atomic E-state index is 0.0188. The second-order valence-corrected chi connectivity index (χ2v) is 13.0. The number of anilines is 1. The van der Waals surface area contributed by atoms with Crippen LogP contribution in [0.15, 0.2) is 54.4 Å². The molecule has 14 heteroatoms. The molecule has 3 aromatic heterocycles. The van der Waals surface area contributed by atoms with Crippen LogP contribution < -0.4 is 5.32 Å². The fraction of sp³-hybridized carbons (Fsp3) is 0.394. The first-order valence-corrected chi connectivity index (χ1v) is 16.3. The Kier molecular flexibility index (Phi) is 8.11. The summed E-state index contributed by atoms with van der Waals surface area (Å²) in [7, 11) is 0. The molecular weight excluding hydrogens is 637 g/mol. The standard InChI is InChI=1S/C33H32F5N7OS/c1-3-43-10-8-22(26(35)16-43)19-4-6-20(7-5-19)23-13-25(33(36,37)38)24-15-45(42-28(24)18(23)2)30(31(46)41-32-39-9-11-47-32)29-27-12-21(34)14-44(27)17-40-29/h4-7,9,11,13,15,17,21-22,26,30H,3,8,10,12,14,16H2,1-2H3,(H,39,41,46)/t21-,22+,26-,30?/m1/s1. The van der Waals surface area contributed by atoms with Crippen molar-refractivity contribution in [2.24, 2.45) is 0 Å². The van der Waals surface area contributed by atoms with Gasteiger partial charge in [-0.1, -0.05) is 31.2 Å². The van der Waals surface area contributed by atoms with Gasteiger partial charge in [0.05, 0.1) is 29.6 Å². The van der Waals surface area contributed by atoms with Crippen molar-refractivity contribution < 1.29 is 26.7 Å². The van der Waals surface area contributed by atoms with Gasteiger partial charge in [-0.05, 0) is 54.8 Å². The predicted molar refractivity (Wildman–Crippen MR) is 169 cm³/mol. The summed E-state index contributed by atoms with van der Waals surface area (Å²) in [5.74, 6) is -0.893. The Bertz CT molecular complexity index is 1920. The van der Waals surface area contributed by atoms with Gasteiger partial charge in [0, 0.05) is 47.7 Å². The first-order valence-electron chi connectivity index (χ1n) is 15.5. The van der Waals surface area contributed by atoms with E-state index in [1.165, 1.54) is 34.7 Å². The third-order valence-corrected chi connectivity index (χ3v) is 10.0. The molecule has 0 radical (unpaired) electrons. The fourth-order valence-electron chi connectivity index (χ4n) is 6.88. The van der Waals surface area contributed by atoms with Crippen LogP contribution in [0.2, 0.25) is 0 Å². The van der Waals surface area contributed by atoms with Crippen LogP contribution in [0, 0.1) is 6.92 Å². The van der Waals surface area contributed by atoms with E-state index in [-0.39, 0.29) is 35.5 Å². The third kappa shape index (κ3) is 5.81. The molecule has 1 fully saturated rings. The highest BCUT2D eigenvalue weighted by Gasteiger charge is 2.38. The zero-order chi connectivity index (χ0) is 33.0. The van der Waals surface area contributed by atoms with E-state index in [0.717, 1.165) is 24.7 Å². The average Bonchev–Trinajstić information content (AvgIpc) is 3.84. The number of carbonyl (C=O) groups excluding carboxylic acids is 1. The number of amides is 1. The van der Waals surface area contributed by atoms with E-state index in [1.807, 2.05) is 6.92 Å². The van der Waals surface area contributed by atoms with Crippen LogP contribution in [0.3, 0.4) is 0 Å². The Morgan fingerprint density at radius 3 is 2.62 bits per heavy atom. The number of fused-ring (bicyclic) bond motifs is 2. The topological polar surface area (TPSA) is 80.9 Å². The smallest absolute Gasteiger partial charge is 0.331 e. The number of hydrogen-bond acceptors (Lipinski definition) is 6. The molecule has 47 heavy (non-hydrogen) atoms. The number of nitrogens with zero attached hydrogens (tertiary/aromatic N) is 6. The van der Waals surface area contributed by atoms with Crippen molar-refractivity contribution in [2.75, 3.05) is 25.0 Å². The van der Waals surface area contributed by atoms with E-state index < -0.39 is 36.0 Å². The minimum Gasteiger partial charge on any atom is -0.331 e. The summed E-state index contributed by atoms with van der Waals surface area (Å²) in [5, 5.41) is 9.08.